The molecule has 656 valence electrons. The number of ketones is 3. The number of cyclic esters (lactones) is 2. The summed E-state index contributed by atoms with van der Waals surface area (Å²) in [5.74, 6) is -5.04. The molecule has 8 aromatic carbocycles. The summed E-state index contributed by atoms with van der Waals surface area (Å²) in [6, 6.07) is 53.0. The summed E-state index contributed by atoms with van der Waals surface area (Å²) in [5.41, 5.74) is 10.5. The standard InChI is InChI=1S/C31H31NO6S.C14H16O3.2C10H12O4S.C7H8O2S.C7H6O2.C4H8O3.C4H9.C2H4O2.Li.H3N/c1-18-13-19(2)27(20(3)14-18)26-16-24-29(31(34)38-26)28(21-9-8-10-22(33)15-21)30(25(32-24)17-37-4)39(35,36)23-11-6-5-7-12-23;1-8-4-9(2)14(10(3)5-8)12-6-11(15)7-13(16)17-12;2*1-14-7-9(11)8-15(12,13)10-5-3-2-4-6-10;1-10(8,9)7-5-3-2-4-6-7;8-5-6-2-1-3-7(9)4-6;1-6-3-4(5)7-2;1-3-4-2;1-2(3)4;;/h5-15,26,28,32-33H,16-17H2,1-4H3;4-5,12H,6-7H2,1-3H3;2*2-6H,7-8H2,1H3;2-6H,1H3;1-5,9H;3H2,1-2H3;1,3-4H2,2H3;1H3,(H,3,4);;1H3/q;;;;;;;-1;;+1;. The number of phenolic OH excluding ortho intramolecular Hbond substituents is 2. The Labute approximate surface area is 727 Å². The Bertz CT molecular complexity index is 5150. The summed E-state index contributed by atoms with van der Waals surface area (Å²) in [5, 5.41) is 29.8. The summed E-state index contributed by atoms with van der Waals surface area (Å²) in [6.45, 7) is 18.5. The molecule has 3 aliphatic rings. The molecule has 0 aromatic heterocycles. The van der Waals surface area contributed by atoms with Gasteiger partial charge in [-0.1, -0.05) is 146 Å². The Morgan fingerprint density at radius 2 is 0.934 bits per heavy atom. The van der Waals surface area contributed by atoms with E-state index in [4.69, 9.17) is 29.2 Å². The number of sulfone groups is 4. The number of dihydropyridines is 1. The van der Waals surface area contributed by atoms with E-state index in [1.54, 1.807) is 109 Å². The number of Topliss-reactive ketones (excluding diaryl/α,β-unsaturated/α-hetero) is 3. The minimum absolute atomic E-state index is 0. The first-order chi connectivity index (χ1) is 56.6. The monoisotopic (exact) mass is 1760 g/mol. The molecular formula is C89H109LiN2O26S4. The maximum absolute atomic E-state index is 14.1. The summed E-state index contributed by atoms with van der Waals surface area (Å²) in [6.07, 6.45) is 3.79. The van der Waals surface area contributed by atoms with Crippen LogP contribution in [0.1, 0.15) is 125 Å². The van der Waals surface area contributed by atoms with Crippen molar-refractivity contribution >= 4 is 86.9 Å². The third-order valence-corrected chi connectivity index (χ3v) is 23.3. The number of ether oxygens (including phenoxy) is 7. The first kappa shape index (κ1) is 109. The van der Waals surface area contributed by atoms with Crippen LogP contribution in [-0.4, -0.2) is 176 Å². The molecule has 0 bridgehead atoms. The number of unbranched alkanes of at least 4 members (excludes halogenated alkanes) is 1. The van der Waals surface area contributed by atoms with Crippen LogP contribution in [0, 0.1) is 48.5 Å². The van der Waals surface area contributed by atoms with Crippen molar-refractivity contribution in [3.63, 3.8) is 0 Å². The van der Waals surface area contributed by atoms with Gasteiger partial charge in [0.2, 0.25) is 9.84 Å². The second-order valence-corrected chi connectivity index (χ2v) is 34.9. The predicted molar refractivity (Wildman–Crippen MR) is 458 cm³/mol. The number of carbonyl (C=O) groups is 8. The number of aryl methyl sites for hydroxylation is 6. The van der Waals surface area contributed by atoms with Crippen LogP contribution in [0.4, 0.5) is 0 Å². The zero-order valence-electron chi connectivity index (χ0n) is 71.3. The van der Waals surface area contributed by atoms with Crippen molar-refractivity contribution in [2.75, 3.05) is 79.7 Å². The van der Waals surface area contributed by atoms with Crippen molar-refractivity contribution in [3.05, 3.63) is 279 Å². The van der Waals surface area contributed by atoms with E-state index in [-0.39, 0.29) is 106 Å². The Morgan fingerprint density at radius 3 is 1.27 bits per heavy atom. The first-order valence-corrected chi connectivity index (χ1v) is 43.8. The second-order valence-electron chi connectivity index (χ2n) is 27.0. The largest absolute Gasteiger partial charge is 1.00 e. The van der Waals surface area contributed by atoms with Gasteiger partial charge < -0.3 is 66.9 Å². The van der Waals surface area contributed by atoms with Crippen molar-refractivity contribution in [3.8, 4) is 11.5 Å². The van der Waals surface area contributed by atoms with E-state index in [2.05, 4.69) is 62.4 Å². The maximum atomic E-state index is 14.1. The van der Waals surface area contributed by atoms with E-state index < -0.39 is 98.5 Å². The number of rotatable bonds is 22. The number of carbonyl (C=O) groups excluding carboxylic acids is 7. The fraction of sp³-hybridized carbons (Fsp3) is 0.315. The number of benzene rings is 8. The van der Waals surface area contributed by atoms with Crippen molar-refractivity contribution in [1.29, 1.82) is 0 Å². The number of carboxylic acids is 1. The number of hydrogen-bond donors (Lipinski definition) is 5. The van der Waals surface area contributed by atoms with Gasteiger partial charge in [0.05, 0.1) is 55.4 Å². The van der Waals surface area contributed by atoms with E-state index in [1.807, 2.05) is 41.5 Å². The molecule has 0 aliphatic carbocycles. The van der Waals surface area contributed by atoms with Crippen molar-refractivity contribution in [2.24, 2.45) is 0 Å². The van der Waals surface area contributed by atoms with Gasteiger partial charge in [-0.3, -0.25) is 28.8 Å². The number of aromatic hydroxyl groups is 2. The molecule has 11 rings (SSSR count). The molecule has 0 amide bonds. The first-order valence-electron chi connectivity index (χ1n) is 37.1. The Balaban J connectivity index is 0.000000758. The van der Waals surface area contributed by atoms with Crippen LogP contribution < -0.4 is 30.3 Å². The van der Waals surface area contributed by atoms with E-state index in [0.717, 1.165) is 52.3 Å². The van der Waals surface area contributed by atoms with E-state index >= 15 is 0 Å². The summed E-state index contributed by atoms with van der Waals surface area (Å²) in [4.78, 5) is 88.7. The third kappa shape index (κ3) is 37.0. The van der Waals surface area contributed by atoms with Crippen LogP contribution in [0.15, 0.2) is 236 Å². The molecule has 3 atom stereocenters. The number of carboxylic acid groups (broad SMARTS) is 1. The van der Waals surface area contributed by atoms with E-state index in [9.17, 15) is 72.3 Å². The molecule has 1 fully saturated rings. The van der Waals surface area contributed by atoms with Crippen LogP contribution in [0.2, 0.25) is 0 Å². The molecule has 0 saturated carbocycles. The van der Waals surface area contributed by atoms with Gasteiger partial charge in [0.15, 0.2) is 41.1 Å². The SMILES string of the molecule is CC(=O)O.COCC(=O)CS(=O)(=O)c1ccccc1.COCC(=O)CS(=O)(=O)c1ccccc1.COCC(=O)OC.COCC1=C(S(=O)(=O)c2ccccc2)C(c2cccc(O)c2)C2=C(CC(c3c(C)cc(C)cc3C)OC2=O)N1.CS(=O)(=O)c1ccccc1.Cc1cc(C)c(C2CC(=O)CC(=O)O2)c(C)c1.N.O=Cc1cccc(O)c1.[CH2-]CCC.[Li+]. The molecule has 0 radical (unpaired) electrons. The molecule has 28 nitrogen and oxygen atoms in total. The average molecular weight is 1760 g/mol. The zero-order valence-corrected chi connectivity index (χ0v) is 74.6. The summed E-state index contributed by atoms with van der Waals surface area (Å²) >= 11 is 0. The second kappa shape index (κ2) is 54.7. The van der Waals surface area contributed by atoms with Crippen molar-refractivity contribution in [2.45, 2.75) is 125 Å². The van der Waals surface area contributed by atoms with Crippen LogP contribution in [0.3, 0.4) is 0 Å². The number of nitrogens with one attached hydrogen (secondary N) is 1. The average Bonchev–Trinajstić information content (AvgIpc) is 0.726. The maximum Gasteiger partial charge on any atom is 1.00 e. The molecule has 0 spiro atoms. The van der Waals surface area contributed by atoms with Gasteiger partial charge in [0, 0.05) is 65.7 Å². The molecule has 3 heterocycles. The van der Waals surface area contributed by atoms with Crippen LogP contribution in [0.5, 0.6) is 11.5 Å². The van der Waals surface area contributed by atoms with Crippen LogP contribution in [-0.2, 0) is 106 Å². The number of esters is 3. The number of hydrogen-bond acceptors (Lipinski definition) is 27. The number of aldehydes is 1. The molecule has 3 unspecified atom stereocenters. The smallest absolute Gasteiger partial charge is 0.508 e. The molecule has 3 aliphatic heterocycles. The van der Waals surface area contributed by atoms with Gasteiger partial charge in [0.25, 0.3) is 5.97 Å². The summed E-state index contributed by atoms with van der Waals surface area (Å²) in [7, 11) is -7.15. The van der Waals surface area contributed by atoms with Gasteiger partial charge in [-0.2, -0.15) is 6.42 Å². The molecule has 122 heavy (non-hydrogen) atoms. The number of methoxy groups -OCH3 is 5. The van der Waals surface area contributed by atoms with Gasteiger partial charge in [-0.15, -0.1) is 0 Å². The van der Waals surface area contributed by atoms with Gasteiger partial charge in [-0.05, 0) is 153 Å². The van der Waals surface area contributed by atoms with E-state index in [0.29, 0.717) is 46.5 Å². The minimum atomic E-state index is -4.09. The molecule has 8 aromatic rings. The Morgan fingerprint density at radius 1 is 0.541 bits per heavy atom. The van der Waals surface area contributed by atoms with Gasteiger partial charge >= 0.3 is 36.8 Å². The molecule has 1 saturated heterocycles. The number of phenols is 2. The van der Waals surface area contributed by atoms with Gasteiger partial charge in [-0.25, -0.2) is 43.3 Å². The third-order valence-electron chi connectivity index (χ3n) is 16.9. The number of aliphatic carboxylic acids is 1. The molecule has 7 N–H and O–H groups in total. The Kier molecular flexibility index (Phi) is 49.1. The number of allylic oxidation sites excluding steroid dienone is 1. The topological polar surface area (TPSA) is 445 Å². The normalized spacial score (nSPS) is 14.3. The predicted octanol–water partition coefficient (Wildman–Crippen LogP) is 10.2. The van der Waals surface area contributed by atoms with Crippen LogP contribution in [0.25, 0.3) is 0 Å². The van der Waals surface area contributed by atoms with Crippen molar-refractivity contribution < 1.29 is 139 Å². The molecular weight excluding hydrogens is 1650 g/mol. The van der Waals surface area contributed by atoms with Gasteiger partial charge in [0.1, 0.15) is 73.5 Å². The minimum Gasteiger partial charge on any atom is -0.508 e. The fourth-order valence-electron chi connectivity index (χ4n) is 12.0. The quantitative estimate of drug-likeness (QED) is 0.0105. The molecule has 33 heteroatoms. The van der Waals surface area contributed by atoms with E-state index in [1.165, 1.54) is 114 Å². The zero-order chi connectivity index (χ0) is 90.1. The van der Waals surface area contributed by atoms with Crippen LogP contribution >= 0.6 is 0 Å². The Hall–Kier alpha value is -10.6. The summed E-state index contributed by atoms with van der Waals surface area (Å²) < 4.78 is 131. The fourth-order valence-corrected chi connectivity index (χ4v) is 16.9. The van der Waals surface area contributed by atoms with Crippen molar-refractivity contribution in [1.82, 2.24) is 11.5 Å².